The second-order valence-corrected chi connectivity index (χ2v) is 8.61. The van der Waals surface area contributed by atoms with Crippen LogP contribution in [-0.4, -0.2) is 58.9 Å². The minimum Gasteiger partial charge on any atom is -0.396 e. The molecule has 1 unspecified atom stereocenters. The molecule has 27 heavy (non-hydrogen) atoms. The van der Waals surface area contributed by atoms with Gasteiger partial charge in [0.25, 0.3) is 0 Å². The molecule has 7 heteroatoms. The fraction of sp³-hybridized carbons (Fsp3) is 0.700. The van der Waals surface area contributed by atoms with E-state index < -0.39 is 0 Å². The van der Waals surface area contributed by atoms with Gasteiger partial charge in [0.2, 0.25) is 0 Å². The third-order valence-electron chi connectivity index (χ3n) is 5.64. The lowest BCUT2D eigenvalue weighted by molar-refractivity contribution is 0.0331. The van der Waals surface area contributed by atoms with Crippen LogP contribution in [0, 0.1) is 0 Å². The average molecular weight is 391 g/mol. The number of fused-ring (bicyclic) bond motifs is 3. The predicted octanol–water partition coefficient (Wildman–Crippen LogP) is 2.98. The summed E-state index contributed by atoms with van der Waals surface area (Å²) in [7, 11) is 0. The van der Waals surface area contributed by atoms with Crippen LogP contribution in [0.15, 0.2) is 0 Å². The SMILES string of the molecule is CCC(CCO)Nc1nc(CN2CCOCC2)nc2sc3c(c12)CCCC3. The largest absolute Gasteiger partial charge is 0.396 e. The Morgan fingerprint density at radius 1 is 1.22 bits per heavy atom. The molecule has 0 amide bonds. The van der Waals surface area contributed by atoms with Gasteiger partial charge < -0.3 is 15.2 Å². The molecule has 3 heterocycles. The number of nitrogens with one attached hydrogen (secondary N) is 1. The van der Waals surface area contributed by atoms with Gasteiger partial charge in [-0.25, -0.2) is 9.97 Å². The van der Waals surface area contributed by atoms with E-state index in [0.717, 1.165) is 68.6 Å². The summed E-state index contributed by atoms with van der Waals surface area (Å²) in [5.74, 6) is 1.87. The van der Waals surface area contributed by atoms with Gasteiger partial charge in [-0.3, -0.25) is 4.90 Å². The third kappa shape index (κ3) is 4.26. The van der Waals surface area contributed by atoms with Gasteiger partial charge in [0.1, 0.15) is 16.5 Å². The van der Waals surface area contributed by atoms with Crippen molar-refractivity contribution in [2.45, 2.75) is 58.0 Å². The molecule has 2 aromatic rings. The molecule has 1 fully saturated rings. The minimum absolute atomic E-state index is 0.197. The third-order valence-corrected chi connectivity index (χ3v) is 6.83. The van der Waals surface area contributed by atoms with Crippen molar-refractivity contribution in [2.75, 3.05) is 38.2 Å². The smallest absolute Gasteiger partial charge is 0.146 e. The first-order valence-electron chi connectivity index (χ1n) is 10.3. The van der Waals surface area contributed by atoms with Crippen molar-refractivity contribution < 1.29 is 9.84 Å². The average Bonchev–Trinajstić information content (AvgIpc) is 3.07. The number of thiophene rings is 1. The van der Waals surface area contributed by atoms with Gasteiger partial charge in [-0.2, -0.15) is 0 Å². The van der Waals surface area contributed by atoms with Gasteiger partial charge >= 0.3 is 0 Å². The Balaban J connectivity index is 1.70. The molecule has 2 N–H and O–H groups in total. The Labute approximate surface area is 165 Å². The number of nitrogens with zero attached hydrogens (tertiary/aromatic N) is 3. The summed E-state index contributed by atoms with van der Waals surface area (Å²) in [5, 5.41) is 14.3. The lowest BCUT2D eigenvalue weighted by Crippen LogP contribution is -2.36. The van der Waals surface area contributed by atoms with Crippen LogP contribution in [0.5, 0.6) is 0 Å². The standard InChI is InChI=1S/C20H30N4O2S/c1-2-14(7-10-25)21-19-18-15-5-3-4-6-16(15)27-20(18)23-17(22-19)13-24-8-11-26-12-9-24/h14,25H,2-13H2,1H3,(H,21,22,23). The Hall–Kier alpha value is -1.28. The molecule has 0 saturated carbocycles. The van der Waals surface area contributed by atoms with Crippen LogP contribution in [0.3, 0.4) is 0 Å². The highest BCUT2D eigenvalue weighted by atomic mass is 32.1. The van der Waals surface area contributed by atoms with Crippen LogP contribution in [0.1, 0.15) is 48.9 Å². The van der Waals surface area contributed by atoms with Crippen LogP contribution >= 0.6 is 11.3 Å². The molecule has 0 spiro atoms. The second-order valence-electron chi connectivity index (χ2n) is 7.53. The van der Waals surface area contributed by atoms with E-state index in [-0.39, 0.29) is 12.6 Å². The van der Waals surface area contributed by atoms with Gasteiger partial charge in [-0.15, -0.1) is 11.3 Å². The van der Waals surface area contributed by atoms with Crippen LogP contribution in [0.4, 0.5) is 5.82 Å². The molecule has 0 radical (unpaired) electrons. The number of anilines is 1. The van der Waals surface area contributed by atoms with Crippen LogP contribution in [0.25, 0.3) is 10.2 Å². The fourth-order valence-corrected chi connectivity index (χ4v) is 5.34. The number of aryl methyl sites for hydroxylation is 2. The number of aliphatic hydroxyl groups excluding tert-OH is 1. The topological polar surface area (TPSA) is 70.5 Å². The predicted molar refractivity (Wildman–Crippen MR) is 110 cm³/mol. The molecule has 0 bridgehead atoms. The Morgan fingerprint density at radius 3 is 2.81 bits per heavy atom. The van der Waals surface area contributed by atoms with E-state index in [1.54, 1.807) is 0 Å². The highest BCUT2D eigenvalue weighted by molar-refractivity contribution is 7.19. The Kier molecular flexibility index (Phi) is 6.22. The lowest BCUT2D eigenvalue weighted by Gasteiger charge is -2.26. The zero-order chi connectivity index (χ0) is 18.6. The summed E-state index contributed by atoms with van der Waals surface area (Å²) >= 11 is 1.85. The number of hydrogen-bond donors (Lipinski definition) is 2. The van der Waals surface area contributed by atoms with Crippen LogP contribution < -0.4 is 5.32 Å². The first-order chi connectivity index (χ1) is 13.3. The number of rotatable bonds is 7. The minimum atomic E-state index is 0.197. The Bertz CT molecular complexity index is 773. The monoisotopic (exact) mass is 390 g/mol. The zero-order valence-electron chi connectivity index (χ0n) is 16.2. The van der Waals surface area contributed by atoms with Crippen molar-refractivity contribution in [3.05, 3.63) is 16.3 Å². The van der Waals surface area contributed by atoms with E-state index in [1.165, 1.54) is 35.1 Å². The maximum atomic E-state index is 9.39. The van der Waals surface area contributed by atoms with Gasteiger partial charge in [-0.05, 0) is 44.1 Å². The van der Waals surface area contributed by atoms with Crippen molar-refractivity contribution in [3.8, 4) is 0 Å². The van der Waals surface area contributed by atoms with E-state index >= 15 is 0 Å². The zero-order valence-corrected chi connectivity index (χ0v) is 17.0. The van der Waals surface area contributed by atoms with Crippen LogP contribution in [-0.2, 0) is 24.1 Å². The molecule has 4 rings (SSSR count). The van der Waals surface area contributed by atoms with Crippen molar-refractivity contribution >= 4 is 27.4 Å². The molecular weight excluding hydrogens is 360 g/mol. The number of hydrogen-bond acceptors (Lipinski definition) is 7. The first-order valence-corrected chi connectivity index (χ1v) is 11.1. The summed E-state index contributed by atoms with van der Waals surface area (Å²) in [5.41, 5.74) is 1.46. The molecule has 2 aliphatic rings. The molecule has 6 nitrogen and oxygen atoms in total. The van der Waals surface area contributed by atoms with E-state index in [0.29, 0.717) is 0 Å². The fourth-order valence-electron chi connectivity index (χ4n) is 4.06. The molecule has 148 valence electrons. The van der Waals surface area contributed by atoms with E-state index in [1.807, 2.05) is 11.3 Å². The molecule has 0 aromatic carbocycles. The van der Waals surface area contributed by atoms with E-state index in [4.69, 9.17) is 14.7 Å². The van der Waals surface area contributed by atoms with E-state index in [9.17, 15) is 5.11 Å². The van der Waals surface area contributed by atoms with Crippen LogP contribution in [0.2, 0.25) is 0 Å². The highest BCUT2D eigenvalue weighted by Crippen LogP contribution is 2.39. The van der Waals surface area contributed by atoms with Gasteiger partial charge in [0.15, 0.2) is 0 Å². The number of aromatic nitrogens is 2. The summed E-state index contributed by atoms with van der Waals surface area (Å²) < 4.78 is 5.46. The number of aliphatic hydroxyl groups is 1. The van der Waals surface area contributed by atoms with Gasteiger partial charge in [-0.1, -0.05) is 6.92 Å². The van der Waals surface area contributed by atoms with E-state index in [2.05, 4.69) is 17.1 Å². The van der Waals surface area contributed by atoms with Crippen molar-refractivity contribution in [1.29, 1.82) is 0 Å². The number of morpholine rings is 1. The summed E-state index contributed by atoms with van der Waals surface area (Å²) in [6.45, 7) is 6.57. The van der Waals surface area contributed by atoms with Crippen molar-refractivity contribution in [2.24, 2.45) is 0 Å². The lowest BCUT2D eigenvalue weighted by atomic mass is 9.97. The highest BCUT2D eigenvalue weighted by Gasteiger charge is 2.23. The summed E-state index contributed by atoms with van der Waals surface area (Å²) in [4.78, 5) is 14.9. The maximum absolute atomic E-state index is 9.39. The molecule has 1 atom stereocenters. The van der Waals surface area contributed by atoms with Gasteiger partial charge in [0.05, 0.1) is 25.1 Å². The van der Waals surface area contributed by atoms with Crippen molar-refractivity contribution in [3.63, 3.8) is 0 Å². The first kappa shape index (κ1) is 19.1. The molecule has 2 aromatic heterocycles. The quantitative estimate of drug-likeness (QED) is 0.757. The Morgan fingerprint density at radius 2 is 2.04 bits per heavy atom. The maximum Gasteiger partial charge on any atom is 0.146 e. The summed E-state index contributed by atoms with van der Waals surface area (Å²) in [6.07, 6.45) is 6.54. The van der Waals surface area contributed by atoms with Gasteiger partial charge in [0, 0.05) is 30.6 Å². The second kappa shape index (κ2) is 8.82. The van der Waals surface area contributed by atoms with Crippen molar-refractivity contribution in [1.82, 2.24) is 14.9 Å². The molecule has 1 aliphatic heterocycles. The molecule has 1 saturated heterocycles. The molecular formula is C20H30N4O2S. The molecule has 1 aliphatic carbocycles. The number of ether oxygens (including phenoxy) is 1. The normalized spacial score (nSPS) is 19.2. The summed E-state index contributed by atoms with van der Waals surface area (Å²) in [6, 6.07) is 0.239.